The number of nitrogens with zero attached hydrogens (tertiary/aromatic N) is 2. The largest absolute Gasteiger partial charge is 0.508 e. The van der Waals surface area contributed by atoms with Crippen LogP contribution in [0, 0.1) is 17.8 Å². The van der Waals surface area contributed by atoms with Crippen LogP contribution in [0.1, 0.15) is 24.3 Å². The third kappa shape index (κ3) is 3.36. The number of rotatable bonds is 3. The molecule has 3 fully saturated rings. The van der Waals surface area contributed by atoms with Gasteiger partial charge in [0, 0.05) is 29.1 Å². The number of aromatic hydroxyl groups is 1. The summed E-state index contributed by atoms with van der Waals surface area (Å²) in [5.41, 5.74) is 1.56. The summed E-state index contributed by atoms with van der Waals surface area (Å²) in [6, 6.07) is 11.3. The molecule has 1 saturated carbocycles. The number of likely N-dealkylation sites (tertiary alicyclic amines) is 1. The summed E-state index contributed by atoms with van der Waals surface area (Å²) in [5.74, 6) is -4.87. The third-order valence-electron chi connectivity index (χ3n) is 8.63. The number of benzene rings is 2. The summed E-state index contributed by atoms with van der Waals surface area (Å²) >= 11 is 17.7. The van der Waals surface area contributed by atoms with Gasteiger partial charge in [-0.05, 0) is 49.1 Å². The Morgan fingerprint density at radius 3 is 2.36 bits per heavy atom. The zero-order valence-electron chi connectivity index (χ0n) is 20.9. The molecule has 6 rings (SSSR count). The number of ether oxygens (including phenoxy) is 1. The van der Waals surface area contributed by atoms with E-state index in [1.54, 1.807) is 30.3 Å². The number of amides is 4. The Kier molecular flexibility index (Phi) is 5.95. The average Bonchev–Trinajstić information content (AvgIpc) is 3.24. The maximum atomic E-state index is 14.0. The molecule has 2 aromatic rings. The van der Waals surface area contributed by atoms with Gasteiger partial charge in [0.1, 0.15) is 11.5 Å². The van der Waals surface area contributed by atoms with Crippen LogP contribution in [0.4, 0.5) is 5.69 Å². The summed E-state index contributed by atoms with van der Waals surface area (Å²) < 4.78 is 6.36. The summed E-state index contributed by atoms with van der Waals surface area (Å²) in [4.78, 5) is 53.0. The van der Waals surface area contributed by atoms with Crippen molar-refractivity contribution in [1.29, 1.82) is 0 Å². The fourth-order valence-corrected chi connectivity index (χ4v) is 8.15. The first-order valence-corrected chi connectivity index (χ1v) is 13.9. The summed E-state index contributed by atoms with van der Waals surface area (Å²) in [6.07, 6.45) is 2.02. The number of phenolic OH excluding ortho intramolecular Hbond substituents is 1. The monoisotopic (exact) mass is 632 g/mol. The fraction of sp³-hybridized carbons (Fsp3) is 0.357. The van der Waals surface area contributed by atoms with Gasteiger partial charge in [-0.3, -0.25) is 29.0 Å². The molecule has 2 aliphatic heterocycles. The number of imide groups is 2. The molecule has 202 valence electrons. The highest BCUT2D eigenvalue weighted by Crippen LogP contribution is 2.66. The Morgan fingerprint density at radius 2 is 1.69 bits per heavy atom. The van der Waals surface area contributed by atoms with E-state index in [9.17, 15) is 24.3 Å². The number of allylic oxidation sites excluding steroid dienone is 2. The highest BCUT2D eigenvalue weighted by Gasteiger charge is 2.76. The van der Waals surface area contributed by atoms with Crippen molar-refractivity contribution in [2.45, 2.75) is 28.5 Å². The van der Waals surface area contributed by atoms with Crippen LogP contribution in [0.5, 0.6) is 11.5 Å². The molecular weight excluding hydrogens is 611 g/mol. The van der Waals surface area contributed by atoms with Gasteiger partial charge in [-0.15, -0.1) is 23.2 Å². The van der Waals surface area contributed by atoms with Crippen LogP contribution in [-0.4, -0.2) is 57.5 Å². The topological polar surface area (TPSA) is 104 Å². The molecule has 4 aliphatic rings. The molecule has 4 amide bonds. The summed E-state index contributed by atoms with van der Waals surface area (Å²) in [5, 5.41) is 10.1. The lowest BCUT2D eigenvalue weighted by Gasteiger charge is -2.51. The van der Waals surface area contributed by atoms with Gasteiger partial charge >= 0.3 is 0 Å². The van der Waals surface area contributed by atoms with Crippen molar-refractivity contribution in [2.24, 2.45) is 17.8 Å². The van der Waals surface area contributed by atoms with Gasteiger partial charge in [-0.1, -0.05) is 33.6 Å². The van der Waals surface area contributed by atoms with E-state index >= 15 is 0 Å². The second-order valence-corrected chi connectivity index (χ2v) is 12.6. The van der Waals surface area contributed by atoms with Crippen molar-refractivity contribution in [3.05, 3.63) is 64.1 Å². The SMILES string of the molecule is COc1cc(O)ccc1C1C2=CCC3C(=O)N(c4ccc(Br)cc4)C(=O)C3C2CC2(Cl)C(=O)N(C)C(=O)C12Cl. The maximum Gasteiger partial charge on any atom is 0.253 e. The molecule has 2 saturated heterocycles. The first-order chi connectivity index (χ1) is 18.5. The van der Waals surface area contributed by atoms with Gasteiger partial charge in [0.25, 0.3) is 11.8 Å². The predicted molar refractivity (Wildman–Crippen MR) is 147 cm³/mol. The number of carbonyl (C=O) groups is 4. The van der Waals surface area contributed by atoms with Crippen LogP contribution in [0.2, 0.25) is 0 Å². The number of alkyl halides is 2. The molecule has 39 heavy (non-hydrogen) atoms. The predicted octanol–water partition coefficient (Wildman–Crippen LogP) is 4.36. The number of carbonyl (C=O) groups excluding carboxylic acids is 4. The van der Waals surface area contributed by atoms with E-state index in [2.05, 4.69) is 15.9 Å². The molecule has 2 heterocycles. The molecule has 0 aromatic heterocycles. The number of methoxy groups -OCH3 is 1. The molecule has 0 spiro atoms. The number of phenols is 1. The molecule has 8 nitrogen and oxygen atoms in total. The van der Waals surface area contributed by atoms with E-state index in [1.807, 2.05) is 6.08 Å². The van der Waals surface area contributed by atoms with Gasteiger partial charge in [-0.2, -0.15) is 0 Å². The Balaban J connectivity index is 1.53. The molecule has 2 aliphatic carbocycles. The van der Waals surface area contributed by atoms with E-state index in [1.165, 1.54) is 31.2 Å². The first kappa shape index (κ1) is 26.3. The lowest BCUT2D eigenvalue weighted by molar-refractivity contribution is -0.138. The number of hydrogen-bond acceptors (Lipinski definition) is 6. The lowest BCUT2D eigenvalue weighted by atomic mass is 9.56. The Hall–Kier alpha value is -2.88. The van der Waals surface area contributed by atoms with E-state index in [4.69, 9.17) is 27.9 Å². The van der Waals surface area contributed by atoms with Crippen LogP contribution in [0.25, 0.3) is 0 Å². The van der Waals surface area contributed by atoms with Gasteiger partial charge in [-0.25, -0.2) is 0 Å². The minimum absolute atomic E-state index is 0.0611. The van der Waals surface area contributed by atoms with E-state index in [0.29, 0.717) is 16.8 Å². The van der Waals surface area contributed by atoms with Crippen LogP contribution in [0.15, 0.2) is 58.6 Å². The smallest absolute Gasteiger partial charge is 0.253 e. The fourth-order valence-electron chi connectivity index (χ4n) is 6.87. The number of anilines is 1. The maximum absolute atomic E-state index is 14.0. The van der Waals surface area contributed by atoms with Gasteiger partial charge in [0.2, 0.25) is 11.8 Å². The van der Waals surface area contributed by atoms with Crippen LogP contribution >= 0.6 is 39.1 Å². The molecule has 6 unspecified atom stereocenters. The van der Waals surface area contributed by atoms with Crippen molar-refractivity contribution in [2.75, 3.05) is 19.1 Å². The van der Waals surface area contributed by atoms with Crippen molar-refractivity contribution in [3.63, 3.8) is 0 Å². The number of halogens is 3. The number of fused-ring (bicyclic) bond motifs is 4. The molecular formula is C28H23BrCl2N2O6. The third-order valence-corrected chi connectivity index (χ3v) is 10.6. The van der Waals surface area contributed by atoms with Crippen molar-refractivity contribution >= 4 is 68.4 Å². The van der Waals surface area contributed by atoms with E-state index < -0.39 is 45.2 Å². The molecule has 0 radical (unpaired) electrons. The molecule has 6 atom stereocenters. The van der Waals surface area contributed by atoms with Crippen LogP contribution in [-0.2, 0) is 19.2 Å². The Morgan fingerprint density at radius 1 is 1.00 bits per heavy atom. The average molecular weight is 634 g/mol. The van der Waals surface area contributed by atoms with Crippen LogP contribution < -0.4 is 9.64 Å². The Bertz CT molecular complexity index is 1500. The van der Waals surface area contributed by atoms with Crippen molar-refractivity contribution < 1.29 is 29.0 Å². The number of hydrogen-bond donors (Lipinski definition) is 1. The highest BCUT2D eigenvalue weighted by atomic mass is 79.9. The minimum atomic E-state index is -1.92. The quantitative estimate of drug-likeness (QED) is 0.306. The first-order valence-electron chi connectivity index (χ1n) is 12.4. The lowest BCUT2D eigenvalue weighted by Crippen LogP contribution is -2.60. The zero-order valence-corrected chi connectivity index (χ0v) is 24.0. The molecule has 0 bridgehead atoms. The van der Waals surface area contributed by atoms with E-state index in [0.717, 1.165) is 9.37 Å². The van der Waals surface area contributed by atoms with Crippen molar-refractivity contribution in [1.82, 2.24) is 4.90 Å². The summed E-state index contributed by atoms with van der Waals surface area (Å²) in [7, 11) is 2.75. The summed E-state index contributed by atoms with van der Waals surface area (Å²) in [6.45, 7) is 0. The van der Waals surface area contributed by atoms with Gasteiger partial charge in [0.15, 0.2) is 9.75 Å². The normalized spacial score (nSPS) is 33.6. The van der Waals surface area contributed by atoms with Crippen LogP contribution in [0.3, 0.4) is 0 Å². The minimum Gasteiger partial charge on any atom is -0.508 e. The van der Waals surface area contributed by atoms with Gasteiger partial charge in [0.05, 0.1) is 24.6 Å². The Labute approximate surface area is 242 Å². The molecule has 11 heteroatoms. The zero-order chi connectivity index (χ0) is 28.0. The van der Waals surface area contributed by atoms with Crippen molar-refractivity contribution in [3.8, 4) is 11.5 Å². The second kappa shape index (κ2) is 8.81. The second-order valence-electron chi connectivity index (χ2n) is 10.4. The molecule has 2 aromatic carbocycles. The van der Waals surface area contributed by atoms with Gasteiger partial charge < -0.3 is 9.84 Å². The highest BCUT2D eigenvalue weighted by molar-refractivity contribution is 9.10. The standard InChI is InChI=1S/C28H23BrCl2N2O6/c1-32-25(37)27(30)12-19-16(22(28(27,31)26(32)38)17-8-7-15(34)11-20(17)39-2)9-10-18-21(19)24(36)33(23(18)35)14-5-3-13(29)4-6-14/h3-9,11,18-19,21-22,34H,10,12H2,1-2H3. The molecule has 1 N–H and O–H groups in total. The van der Waals surface area contributed by atoms with E-state index in [-0.39, 0.29) is 36.2 Å².